The van der Waals surface area contributed by atoms with E-state index in [0.717, 1.165) is 4.90 Å². The largest absolute Gasteiger partial charge is 0.482 e. The lowest BCUT2D eigenvalue weighted by Gasteiger charge is -2.20. The van der Waals surface area contributed by atoms with Crippen molar-refractivity contribution in [2.75, 3.05) is 22.6 Å². The molecule has 0 fully saturated rings. The molecular formula is C19H18ClN3O4S. The molecule has 2 aromatic carbocycles. The maximum Gasteiger partial charge on any atom is 0.262 e. The molecule has 146 valence electrons. The maximum absolute atomic E-state index is 12.5. The molecule has 3 rings (SSSR count). The third-order valence-corrected chi connectivity index (χ3v) is 5.24. The van der Waals surface area contributed by atoms with E-state index in [1.54, 1.807) is 31.2 Å². The summed E-state index contributed by atoms with van der Waals surface area (Å²) in [6, 6.07) is 10.4. The van der Waals surface area contributed by atoms with Crippen molar-refractivity contribution in [3.63, 3.8) is 0 Å². The van der Waals surface area contributed by atoms with Crippen LogP contribution < -0.4 is 20.7 Å². The molecule has 3 amide bonds. The van der Waals surface area contributed by atoms with Gasteiger partial charge in [0.2, 0.25) is 11.8 Å². The summed E-state index contributed by atoms with van der Waals surface area (Å²) in [6.07, 6.45) is 0. The average Bonchev–Trinajstić information content (AvgIpc) is 2.63. The van der Waals surface area contributed by atoms with Gasteiger partial charge in [-0.3, -0.25) is 14.4 Å². The Morgan fingerprint density at radius 3 is 2.61 bits per heavy atom. The topological polar surface area (TPSA) is 96.5 Å². The molecule has 0 saturated heterocycles. The minimum absolute atomic E-state index is 0.0806. The third-order valence-electron chi connectivity index (χ3n) is 3.82. The number of hydrogen-bond donors (Lipinski definition) is 3. The number of anilines is 3. The van der Waals surface area contributed by atoms with Crippen LogP contribution in [0.1, 0.15) is 13.8 Å². The number of hydrogen-bond acceptors (Lipinski definition) is 5. The van der Waals surface area contributed by atoms with Gasteiger partial charge in [0, 0.05) is 23.6 Å². The van der Waals surface area contributed by atoms with Crippen molar-refractivity contribution < 1.29 is 19.1 Å². The monoisotopic (exact) mass is 419 g/mol. The summed E-state index contributed by atoms with van der Waals surface area (Å²) >= 11 is 7.59. The van der Waals surface area contributed by atoms with Gasteiger partial charge >= 0.3 is 0 Å². The Hall–Kier alpha value is -2.71. The normalized spacial score (nSPS) is 13.6. The SMILES string of the molecule is CC(=O)Nc1ccc(SC(C)C(=O)Nc2cc3c(cc2Cl)NC(=O)CO3)cc1. The Morgan fingerprint density at radius 1 is 1.21 bits per heavy atom. The van der Waals surface area contributed by atoms with Crippen LogP contribution in [0, 0.1) is 0 Å². The van der Waals surface area contributed by atoms with Crippen molar-refractivity contribution in [1.29, 1.82) is 0 Å². The number of thioether (sulfide) groups is 1. The van der Waals surface area contributed by atoms with Crippen LogP contribution in [-0.4, -0.2) is 29.6 Å². The Bertz CT molecular complexity index is 934. The van der Waals surface area contributed by atoms with Crippen molar-refractivity contribution in [1.82, 2.24) is 0 Å². The van der Waals surface area contributed by atoms with E-state index < -0.39 is 0 Å². The number of carbonyl (C=O) groups excluding carboxylic acids is 3. The lowest BCUT2D eigenvalue weighted by atomic mass is 10.2. The van der Waals surface area contributed by atoms with Gasteiger partial charge in [-0.05, 0) is 37.3 Å². The Morgan fingerprint density at radius 2 is 1.93 bits per heavy atom. The Kier molecular flexibility index (Phi) is 6.11. The van der Waals surface area contributed by atoms with Crippen molar-refractivity contribution in [2.24, 2.45) is 0 Å². The van der Waals surface area contributed by atoms with E-state index in [0.29, 0.717) is 27.8 Å². The number of fused-ring (bicyclic) bond motifs is 1. The average molecular weight is 420 g/mol. The fourth-order valence-corrected chi connectivity index (χ4v) is 3.59. The predicted octanol–water partition coefficient (Wildman–Crippen LogP) is 3.75. The lowest BCUT2D eigenvalue weighted by Crippen LogP contribution is -2.26. The number of nitrogens with one attached hydrogen (secondary N) is 3. The van der Waals surface area contributed by atoms with E-state index in [1.807, 2.05) is 12.1 Å². The highest BCUT2D eigenvalue weighted by molar-refractivity contribution is 8.00. The van der Waals surface area contributed by atoms with Crippen LogP contribution in [0.5, 0.6) is 5.75 Å². The van der Waals surface area contributed by atoms with E-state index in [4.69, 9.17) is 16.3 Å². The molecule has 3 N–H and O–H groups in total. The Balaban J connectivity index is 1.64. The molecule has 0 saturated carbocycles. The molecule has 1 heterocycles. The summed E-state index contributed by atoms with van der Waals surface area (Å²) in [7, 11) is 0. The summed E-state index contributed by atoms with van der Waals surface area (Å²) < 4.78 is 5.35. The highest BCUT2D eigenvalue weighted by Gasteiger charge is 2.21. The second kappa shape index (κ2) is 8.53. The molecule has 7 nitrogen and oxygen atoms in total. The quantitative estimate of drug-likeness (QED) is 0.641. The molecule has 1 unspecified atom stereocenters. The predicted molar refractivity (Wildman–Crippen MR) is 110 cm³/mol. The zero-order valence-corrected chi connectivity index (χ0v) is 16.7. The standard InChI is InChI=1S/C19H18ClN3O4S/c1-10(28-13-5-3-12(4-6-13)21-11(2)24)19(26)23-15-8-17-16(7-14(15)20)22-18(25)9-27-17/h3-8,10H,9H2,1-2H3,(H,21,24)(H,22,25)(H,23,26). The van der Waals surface area contributed by atoms with Crippen LogP contribution in [0.3, 0.4) is 0 Å². The molecule has 1 atom stereocenters. The molecule has 1 aliphatic heterocycles. The molecule has 9 heteroatoms. The zero-order chi connectivity index (χ0) is 20.3. The number of carbonyl (C=O) groups is 3. The van der Waals surface area contributed by atoms with Gasteiger partial charge in [0.25, 0.3) is 5.91 Å². The van der Waals surface area contributed by atoms with Crippen LogP contribution in [-0.2, 0) is 14.4 Å². The number of benzene rings is 2. The van der Waals surface area contributed by atoms with Crippen LogP contribution >= 0.6 is 23.4 Å². The highest BCUT2D eigenvalue weighted by Crippen LogP contribution is 2.36. The van der Waals surface area contributed by atoms with Gasteiger partial charge in [-0.25, -0.2) is 0 Å². The summed E-state index contributed by atoms with van der Waals surface area (Å²) in [5.41, 5.74) is 1.58. The van der Waals surface area contributed by atoms with Crippen LogP contribution in [0.15, 0.2) is 41.3 Å². The van der Waals surface area contributed by atoms with Crippen molar-refractivity contribution >= 4 is 58.1 Å². The maximum atomic E-state index is 12.5. The van der Waals surface area contributed by atoms with Gasteiger partial charge in [0.15, 0.2) is 6.61 Å². The molecule has 1 aliphatic rings. The zero-order valence-electron chi connectivity index (χ0n) is 15.2. The van der Waals surface area contributed by atoms with Crippen molar-refractivity contribution in [2.45, 2.75) is 24.0 Å². The second-order valence-corrected chi connectivity index (χ2v) is 7.94. The van der Waals surface area contributed by atoms with Crippen molar-refractivity contribution in [3.8, 4) is 5.75 Å². The summed E-state index contributed by atoms with van der Waals surface area (Å²) in [5.74, 6) is -0.167. The number of ether oxygens (including phenoxy) is 1. The first-order valence-electron chi connectivity index (χ1n) is 8.43. The molecule has 0 bridgehead atoms. The first-order chi connectivity index (χ1) is 13.3. The minimum atomic E-state index is -0.390. The van der Waals surface area contributed by atoms with Crippen molar-refractivity contribution in [3.05, 3.63) is 41.4 Å². The Labute approximate surface area is 171 Å². The van der Waals surface area contributed by atoms with Crippen LogP contribution in [0.4, 0.5) is 17.1 Å². The smallest absolute Gasteiger partial charge is 0.262 e. The summed E-state index contributed by atoms with van der Waals surface area (Å²) in [5, 5.41) is 8.05. The van der Waals surface area contributed by atoms with Gasteiger partial charge in [0.05, 0.1) is 21.6 Å². The van der Waals surface area contributed by atoms with E-state index in [1.165, 1.54) is 18.7 Å². The van der Waals surface area contributed by atoms with E-state index in [2.05, 4.69) is 16.0 Å². The molecular weight excluding hydrogens is 402 g/mol. The molecule has 0 spiro atoms. The second-order valence-electron chi connectivity index (χ2n) is 6.12. The van der Waals surface area contributed by atoms with Gasteiger partial charge < -0.3 is 20.7 Å². The van der Waals surface area contributed by atoms with Gasteiger partial charge in [-0.15, -0.1) is 11.8 Å². The molecule has 0 aliphatic carbocycles. The van der Waals surface area contributed by atoms with Crippen LogP contribution in [0.25, 0.3) is 0 Å². The lowest BCUT2D eigenvalue weighted by molar-refractivity contribution is -0.118. The summed E-state index contributed by atoms with van der Waals surface area (Å²) in [6.45, 7) is 3.15. The fourth-order valence-electron chi connectivity index (χ4n) is 2.51. The highest BCUT2D eigenvalue weighted by atomic mass is 35.5. The molecule has 0 aromatic heterocycles. The van der Waals surface area contributed by atoms with Gasteiger partial charge in [-0.2, -0.15) is 0 Å². The minimum Gasteiger partial charge on any atom is -0.482 e. The van der Waals surface area contributed by atoms with Crippen LogP contribution in [0.2, 0.25) is 5.02 Å². The first-order valence-corrected chi connectivity index (χ1v) is 9.69. The van der Waals surface area contributed by atoms with Gasteiger partial charge in [0.1, 0.15) is 5.75 Å². The molecule has 2 aromatic rings. The molecule has 28 heavy (non-hydrogen) atoms. The van der Waals surface area contributed by atoms with Gasteiger partial charge in [-0.1, -0.05) is 11.6 Å². The van der Waals surface area contributed by atoms with E-state index >= 15 is 0 Å². The number of halogens is 1. The third kappa shape index (κ3) is 4.96. The fraction of sp³-hybridized carbons (Fsp3) is 0.211. The van der Waals surface area contributed by atoms with E-state index in [-0.39, 0.29) is 29.6 Å². The number of amides is 3. The van der Waals surface area contributed by atoms with E-state index in [9.17, 15) is 14.4 Å². The molecule has 0 radical (unpaired) electrons. The summed E-state index contributed by atoms with van der Waals surface area (Å²) in [4.78, 5) is 35.9. The first kappa shape index (κ1) is 20.0. The number of rotatable bonds is 5.